The predicted octanol–water partition coefficient (Wildman–Crippen LogP) is 1.95. The van der Waals surface area contributed by atoms with Crippen LogP contribution in [0.3, 0.4) is 0 Å². The zero-order valence-electron chi connectivity index (χ0n) is 8.01. The Labute approximate surface area is 91.6 Å². The SMILES string of the molecule is NCC(=O)c1cnc(-c2ccccc2)s1. The number of hydrogen-bond donors (Lipinski definition) is 1. The average molecular weight is 218 g/mol. The van der Waals surface area contributed by atoms with Crippen LogP contribution in [-0.2, 0) is 0 Å². The largest absolute Gasteiger partial charge is 0.324 e. The molecule has 2 N–H and O–H groups in total. The van der Waals surface area contributed by atoms with Gasteiger partial charge in [0, 0.05) is 11.8 Å². The summed E-state index contributed by atoms with van der Waals surface area (Å²) in [6.07, 6.45) is 1.59. The van der Waals surface area contributed by atoms with E-state index in [1.54, 1.807) is 6.20 Å². The van der Waals surface area contributed by atoms with Gasteiger partial charge >= 0.3 is 0 Å². The Bertz CT molecular complexity index is 464. The van der Waals surface area contributed by atoms with E-state index in [9.17, 15) is 4.79 Å². The first-order valence-electron chi connectivity index (χ1n) is 4.56. The topological polar surface area (TPSA) is 56.0 Å². The van der Waals surface area contributed by atoms with Crippen molar-refractivity contribution < 1.29 is 4.79 Å². The number of carbonyl (C=O) groups excluding carboxylic acids is 1. The third-order valence-electron chi connectivity index (χ3n) is 1.99. The van der Waals surface area contributed by atoms with E-state index < -0.39 is 0 Å². The zero-order chi connectivity index (χ0) is 10.7. The van der Waals surface area contributed by atoms with Crippen molar-refractivity contribution >= 4 is 17.1 Å². The van der Waals surface area contributed by atoms with E-state index in [4.69, 9.17) is 5.73 Å². The second-order valence-electron chi connectivity index (χ2n) is 3.02. The summed E-state index contributed by atoms with van der Waals surface area (Å²) in [5, 5.41) is 0.854. The van der Waals surface area contributed by atoms with Gasteiger partial charge < -0.3 is 5.73 Å². The minimum absolute atomic E-state index is 0.0381. The normalized spacial score (nSPS) is 10.2. The summed E-state index contributed by atoms with van der Waals surface area (Å²) in [6.45, 7) is 0.0381. The molecule has 0 saturated heterocycles. The second kappa shape index (κ2) is 4.33. The number of benzene rings is 1. The molecule has 1 aromatic heterocycles. The highest BCUT2D eigenvalue weighted by molar-refractivity contribution is 7.17. The summed E-state index contributed by atoms with van der Waals surface area (Å²) in [7, 11) is 0. The molecule has 0 amide bonds. The van der Waals surface area contributed by atoms with E-state index in [1.807, 2.05) is 30.3 Å². The van der Waals surface area contributed by atoms with Crippen molar-refractivity contribution in [2.24, 2.45) is 5.73 Å². The Hall–Kier alpha value is -1.52. The Morgan fingerprint density at radius 2 is 2.07 bits per heavy atom. The number of Topliss-reactive ketones (excluding diaryl/α,β-unsaturated/α-hetero) is 1. The number of hydrogen-bond acceptors (Lipinski definition) is 4. The van der Waals surface area contributed by atoms with Crippen molar-refractivity contribution in [2.45, 2.75) is 0 Å². The Balaban J connectivity index is 2.32. The van der Waals surface area contributed by atoms with Crippen molar-refractivity contribution in [3.05, 3.63) is 41.4 Å². The lowest BCUT2D eigenvalue weighted by Gasteiger charge is -1.93. The quantitative estimate of drug-likeness (QED) is 0.801. The highest BCUT2D eigenvalue weighted by Crippen LogP contribution is 2.24. The molecule has 4 heteroatoms. The molecule has 0 saturated carbocycles. The molecule has 0 aliphatic heterocycles. The lowest BCUT2D eigenvalue weighted by Crippen LogP contribution is -2.11. The fraction of sp³-hybridized carbons (Fsp3) is 0.0909. The standard InChI is InChI=1S/C11H10N2OS/c12-6-9(14)10-7-13-11(15-10)8-4-2-1-3-5-8/h1-5,7H,6,12H2. The summed E-state index contributed by atoms with van der Waals surface area (Å²) >= 11 is 1.38. The van der Waals surface area contributed by atoms with E-state index in [-0.39, 0.29) is 12.3 Å². The van der Waals surface area contributed by atoms with E-state index in [0.717, 1.165) is 10.6 Å². The summed E-state index contributed by atoms with van der Waals surface area (Å²) < 4.78 is 0. The van der Waals surface area contributed by atoms with Crippen LogP contribution >= 0.6 is 11.3 Å². The van der Waals surface area contributed by atoms with Gasteiger partial charge in [0.2, 0.25) is 0 Å². The van der Waals surface area contributed by atoms with Gasteiger partial charge in [0.15, 0.2) is 5.78 Å². The summed E-state index contributed by atoms with van der Waals surface area (Å²) in [4.78, 5) is 16.1. The first kappa shape index (κ1) is 10.0. The highest BCUT2D eigenvalue weighted by atomic mass is 32.1. The lowest BCUT2D eigenvalue weighted by atomic mass is 10.2. The molecule has 0 atom stereocenters. The highest BCUT2D eigenvalue weighted by Gasteiger charge is 2.09. The van der Waals surface area contributed by atoms with E-state index in [1.165, 1.54) is 11.3 Å². The van der Waals surface area contributed by atoms with Gasteiger partial charge in [-0.15, -0.1) is 11.3 Å². The molecular formula is C11H10N2OS. The maximum absolute atomic E-state index is 11.3. The zero-order valence-corrected chi connectivity index (χ0v) is 8.83. The number of nitrogens with zero attached hydrogens (tertiary/aromatic N) is 1. The molecule has 2 aromatic rings. The monoisotopic (exact) mass is 218 g/mol. The first-order chi connectivity index (χ1) is 7.31. The lowest BCUT2D eigenvalue weighted by molar-refractivity contribution is 0.100. The molecule has 0 spiro atoms. The molecule has 76 valence electrons. The molecule has 0 bridgehead atoms. The van der Waals surface area contributed by atoms with Gasteiger partial charge in [0.25, 0.3) is 0 Å². The molecule has 2 rings (SSSR count). The van der Waals surface area contributed by atoms with Crippen LogP contribution in [0, 0.1) is 0 Å². The third kappa shape index (κ3) is 2.11. The number of aromatic nitrogens is 1. The van der Waals surface area contributed by atoms with Gasteiger partial charge in [0.05, 0.1) is 11.4 Å². The van der Waals surface area contributed by atoms with Crippen LogP contribution in [0.5, 0.6) is 0 Å². The maximum atomic E-state index is 11.3. The van der Waals surface area contributed by atoms with Gasteiger partial charge in [-0.2, -0.15) is 0 Å². The number of carbonyl (C=O) groups is 1. The molecule has 3 nitrogen and oxygen atoms in total. The van der Waals surface area contributed by atoms with Gasteiger partial charge in [-0.25, -0.2) is 4.98 Å². The maximum Gasteiger partial charge on any atom is 0.187 e. The average Bonchev–Trinajstić information content (AvgIpc) is 2.78. The molecule has 15 heavy (non-hydrogen) atoms. The van der Waals surface area contributed by atoms with Crippen LogP contribution < -0.4 is 5.73 Å². The van der Waals surface area contributed by atoms with Gasteiger partial charge in [-0.3, -0.25) is 4.79 Å². The predicted molar refractivity (Wildman–Crippen MR) is 60.9 cm³/mol. The molecular weight excluding hydrogens is 208 g/mol. The van der Waals surface area contributed by atoms with Crippen LogP contribution in [0.15, 0.2) is 36.5 Å². The summed E-state index contributed by atoms with van der Waals surface area (Å²) in [5.41, 5.74) is 6.31. The first-order valence-corrected chi connectivity index (χ1v) is 5.37. The fourth-order valence-electron chi connectivity index (χ4n) is 1.22. The third-order valence-corrected chi connectivity index (χ3v) is 3.07. The number of thiazole rings is 1. The molecule has 0 unspecified atom stereocenters. The molecule has 0 radical (unpaired) electrons. The molecule has 0 aliphatic rings. The van der Waals surface area contributed by atoms with Gasteiger partial charge in [-0.05, 0) is 0 Å². The summed E-state index contributed by atoms with van der Waals surface area (Å²) in [5.74, 6) is -0.0605. The number of ketones is 1. The van der Waals surface area contributed by atoms with Gasteiger partial charge in [-0.1, -0.05) is 30.3 Å². The Kier molecular flexibility index (Phi) is 2.89. The van der Waals surface area contributed by atoms with Crippen molar-refractivity contribution in [3.8, 4) is 10.6 Å². The van der Waals surface area contributed by atoms with E-state index in [0.29, 0.717) is 4.88 Å². The van der Waals surface area contributed by atoms with E-state index >= 15 is 0 Å². The number of rotatable bonds is 3. The van der Waals surface area contributed by atoms with Crippen LogP contribution in [0.2, 0.25) is 0 Å². The van der Waals surface area contributed by atoms with Crippen molar-refractivity contribution in [3.63, 3.8) is 0 Å². The Morgan fingerprint density at radius 3 is 2.73 bits per heavy atom. The van der Waals surface area contributed by atoms with Crippen LogP contribution in [0.1, 0.15) is 9.67 Å². The Morgan fingerprint density at radius 1 is 1.33 bits per heavy atom. The van der Waals surface area contributed by atoms with Crippen LogP contribution in [0.4, 0.5) is 0 Å². The minimum atomic E-state index is -0.0605. The van der Waals surface area contributed by atoms with Gasteiger partial charge in [0.1, 0.15) is 5.01 Å². The van der Waals surface area contributed by atoms with Crippen molar-refractivity contribution in [1.82, 2.24) is 4.98 Å². The van der Waals surface area contributed by atoms with Crippen molar-refractivity contribution in [1.29, 1.82) is 0 Å². The minimum Gasteiger partial charge on any atom is -0.324 e. The fourth-order valence-corrected chi connectivity index (χ4v) is 2.09. The van der Waals surface area contributed by atoms with Crippen molar-refractivity contribution in [2.75, 3.05) is 6.54 Å². The molecule has 1 heterocycles. The smallest absolute Gasteiger partial charge is 0.187 e. The second-order valence-corrected chi connectivity index (χ2v) is 4.05. The van der Waals surface area contributed by atoms with Crippen LogP contribution in [-0.4, -0.2) is 17.3 Å². The van der Waals surface area contributed by atoms with E-state index in [2.05, 4.69) is 4.98 Å². The van der Waals surface area contributed by atoms with Crippen LogP contribution in [0.25, 0.3) is 10.6 Å². The molecule has 1 aromatic carbocycles. The summed E-state index contributed by atoms with van der Waals surface area (Å²) in [6, 6.07) is 9.77. The molecule has 0 aliphatic carbocycles. The molecule has 0 fully saturated rings. The number of nitrogens with two attached hydrogens (primary N) is 1.